The number of nitrogens with one attached hydrogen (secondary N) is 1. The number of rotatable bonds is 5. The largest absolute Gasteiger partial charge is 0.240 e. The maximum atomic E-state index is 12.4. The van der Waals surface area contributed by atoms with Crippen molar-refractivity contribution < 1.29 is 8.42 Å². The quantitative estimate of drug-likeness (QED) is 0.798. The molecule has 2 unspecified atom stereocenters. The average Bonchev–Trinajstić information content (AvgIpc) is 2.48. The number of halogens is 1. The van der Waals surface area contributed by atoms with Gasteiger partial charge in [0.1, 0.15) is 0 Å². The Balaban J connectivity index is 2.05. The minimum Gasteiger partial charge on any atom is -0.211 e. The summed E-state index contributed by atoms with van der Waals surface area (Å²) < 4.78 is 27.6. The molecule has 1 aromatic rings. The number of aryl methyl sites for hydroxylation is 2. The second kappa shape index (κ2) is 7.25. The molecule has 1 aromatic carbocycles. The van der Waals surface area contributed by atoms with Gasteiger partial charge in [-0.15, -0.1) is 0 Å². The highest BCUT2D eigenvalue weighted by Crippen LogP contribution is 2.31. The monoisotopic (exact) mass is 373 g/mol. The summed E-state index contributed by atoms with van der Waals surface area (Å²) in [4.78, 5) is 0.372. The predicted molar refractivity (Wildman–Crippen MR) is 90.3 cm³/mol. The van der Waals surface area contributed by atoms with E-state index in [9.17, 15) is 8.42 Å². The minimum atomic E-state index is -3.40. The van der Waals surface area contributed by atoms with Crippen molar-refractivity contribution in [2.45, 2.75) is 44.4 Å². The summed E-state index contributed by atoms with van der Waals surface area (Å²) in [7, 11) is -3.40. The first-order chi connectivity index (χ1) is 9.94. The van der Waals surface area contributed by atoms with Crippen LogP contribution in [0, 0.1) is 25.7 Å². The van der Waals surface area contributed by atoms with Crippen LogP contribution < -0.4 is 4.72 Å². The Kier molecular flexibility index (Phi) is 5.86. The fourth-order valence-corrected chi connectivity index (χ4v) is 4.97. The molecule has 3 nitrogen and oxygen atoms in total. The molecule has 0 saturated heterocycles. The molecule has 21 heavy (non-hydrogen) atoms. The van der Waals surface area contributed by atoms with Crippen LogP contribution in [-0.4, -0.2) is 20.3 Å². The Bertz CT molecular complexity index is 586. The molecule has 1 aliphatic carbocycles. The zero-order valence-corrected chi connectivity index (χ0v) is 15.1. The van der Waals surface area contributed by atoms with Gasteiger partial charge in [-0.1, -0.05) is 34.8 Å². The van der Waals surface area contributed by atoms with Crippen LogP contribution in [0.15, 0.2) is 23.1 Å². The molecule has 1 aliphatic rings. The SMILES string of the molecule is Cc1ccc(S(=O)(=O)NCC2CCCCC2CBr)cc1C. The highest BCUT2D eigenvalue weighted by molar-refractivity contribution is 9.09. The summed E-state index contributed by atoms with van der Waals surface area (Å²) in [6.07, 6.45) is 4.78. The first-order valence-electron chi connectivity index (χ1n) is 7.57. The fraction of sp³-hybridized carbons (Fsp3) is 0.625. The van der Waals surface area contributed by atoms with Crippen molar-refractivity contribution in [3.8, 4) is 0 Å². The lowest BCUT2D eigenvalue weighted by atomic mass is 9.80. The Hall–Kier alpha value is -0.390. The van der Waals surface area contributed by atoms with E-state index in [0.717, 1.165) is 22.9 Å². The van der Waals surface area contributed by atoms with Crippen LogP contribution in [0.2, 0.25) is 0 Å². The van der Waals surface area contributed by atoms with E-state index in [1.54, 1.807) is 12.1 Å². The van der Waals surface area contributed by atoms with Gasteiger partial charge in [0.05, 0.1) is 4.90 Å². The lowest BCUT2D eigenvalue weighted by Crippen LogP contribution is -2.34. The van der Waals surface area contributed by atoms with Crippen molar-refractivity contribution in [2.24, 2.45) is 11.8 Å². The third-order valence-electron chi connectivity index (χ3n) is 4.59. The molecule has 0 bridgehead atoms. The molecule has 1 fully saturated rings. The smallest absolute Gasteiger partial charge is 0.211 e. The normalized spacial score (nSPS) is 23.2. The number of sulfonamides is 1. The second-order valence-corrected chi connectivity index (χ2v) is 8.47. The summed E-state index contributed by atoms with van der Waals surface area (Å²) in [5.41, 5.74) is 2.12. The maximum Gasteiger partial charge on any atom is 0.240 e. The van der Waals surface area contributed by atoms with Gasteiger partial charge in [0, 0.05) is 11.9 Å². The molecule has 2 atom stereocenters. The molecule has 0 radical (unpaired) electrons. The molecule has 0 aliphatic heterocycles. The van der Waals surface area contributed by atoms with E-state index >= 15 is 0 Å². The molecule has 0 spiro atoms. The van der Waals surface area contributed by atoms with E-state index in [1.165, 1.54) is 19.3 Å². The van der Waals surface area contributed by atoms with Gasteiger partial charge in [0.25, 0.3) is 0 Å². The van der Waals surface area contributed by atoms with Gasteiger partial charge >= 0.3 is 0 Å². The number of hydrogen-bond acceptors (Lipinski definition) is 2. The summed E-state index contributed by atoms with van der Waals surface area (Å²) >= 11 is 3.56. The van der Waals surface area contributed by atoms with Gasteiger partial charge in [-0.25, -0.2) is 13.1 Å². The van der Waals surface area contributed by atoms with E-state index in [1.807, 2.05) is 19.9 Å². The molecule has 0 heterocycles. The summed E-state index contributed by atoms with van der Waals surface area (Å²) in [5.74, 6) is 1.03. The van der Waals surface area contributed by atoms with Crippen molar-refractivity contribution in [2.75, 3.05) is 11.9 Å². The standard InChI is InChI=1S/C16H24BrNO2S/c1-12-7-8-16(9-13(12)2)21(19,20)18-11-15-6-4-3-5-14(15)10-17/h7-9,14-15,18H,3-6,10-11H2,1-2H3. The van der Waals surface area contributed by atoms with Gasteiger partial charge in [-0.2, -0.15) is 0 Å². The molecule has 1 N–H and O–H groups in total. The van der Waals surface area contributed by atoms with E-state index < -0.39 is 10.0 Å². The summed E-state index contributed by atoms with van der Waals surface area (Å²) in [6, 6.07) is 5.31. The van der Waals surface area contributed by atoms with Gasteiger partial charge in [-0.3, -0.25) is 0 Å². The fourth-order valence-electron chi connectivity index (χ4n) is 2.94. The average molecular weight is 374 g/mol. The van der Waals surface area contributed by atoms with E-state index in [0.29, 0.717) is 23.3 Å². The van der Waals surface area contributed by atoms with Crippen LogP contribution in [0.4, 0.5) is 0 Å². The highest BCUT2D eigenvalue weighted by atomic mass is 79.9. The van der Waals surface area contributed by atoms with Crippen LogP contribution in [0.1, 0.15) is 36.8 Å². The Labute approximate surface area is 136 Å². The van der Waals surface area contributed by atoms with Crippen molar-refractivity contribution in [3.63, 3.8) is 0 Å². The van der Waals surface area contributed by atoms with Crippen molar-refractivity contribution in [3.05, 3.63) is 29.3 Å². The second-order valence-electron chi connectivity index (χ2n) is 6.06. The lowest BCUT2D eigenvalue weighted by Gasteiger charge is -2.30. The maximum absolute atomic E-state index is 12.4. The topological polar surface area (TPSA) is 46.2 Å². The van der Waals surface area contributed by atoms with E-state index in [4.69, 9.17) is 0 Å². The summed E-state index contributed by atoms with van der Waals surface area (Å²) in [6.45, 7) is 4.48. The molecule has 1 saturated carbocycles. The highest BCUT2D eigenvalue weighted by Gasteiger charge is 2.26. The predicted octanol–water partition coefficient (Wildman–Crippen LogP) is 3.78. The van der Waals surface area contributed by atoms with Crippen LogP contribution in [0.5, 0.6) is 0 Å². The molecule has 0 aromatic heterocycles. The van der Waals surface area contributed by atoms with Gasteiger partial charge in [0.15, 0.2) is 0 Å². The van der Waals surface area contributed by atoms with Gasteiger partial charge in [-0.05, 0) is 61.8 Å². The van der Waals surface area contributed by atoms with E-state index in [-0.39, 0.29) is 0 Å². The van der Waals surface area contributed by atoms with Crippen molar-refractivity contribution in [1.29, 1.82) is 0 Å². The van der Waals surface area contributed by atoms with Gasteiger partial charge in [0.2, 0.25) is 10.0 Å². The third kappa shape index (κ3) is 4.30. The molecule has 0 amide bonds. The van der Waals surface area contributed by atoms with Crippen LogP contribution >= 0.6 is 15.9 Å². The molecule has 118 valence electrons. The van der Waals surface area contributed by atoms with Crippen LogP contribution in [0.25, 0.3) is 0 Å². The summed E-state index contributed by atoms with van der Waals surface area (Å²) in [5, 5.41) is 0.961. The molecule has 5 heteroatoms. The van der Waals surface area contributed by atoms with Crippen molar-refractivity contribution in [1.82, 2.24) is 4.72 Å². The van der Waals surface area contributed by atoms with Gasteiger partial charge < -0.3 is 0 Å². The minimum absolute atomic E-state index is 0.372. The Morgan fingerprint density at radius 2 is 1.81 bits per heavy atom. The number of alkyl halides is 1. The molecular weight excluding hydrogens is 350 g/mol. The Morgan fingerprint density at radius 3 is 2.43 bits per heavy atom. The van der Waals surface area contributed by atoms with Crippen LogP contribution in [0.3, 0.4) is 0 Å². The lowest BCUT2D eigenvalue weighted by molar-refractivity contribution is 0.263. The van der Waals surface area contributed by atoms with E-state index in [2.05, 4.69) is 20.7 Å². The number of hydrogen-bond donors (Lipinski definition) is 1. The Morgan fingerprint density at radius 1 is 1.14 bits per heavy atom. The zero-order chi connectivity index (χ0) is 15.5. The first kappa shape index (κ1) is 17.0. The molecule has 2 rings (SSSR count). The van der Waals surface area contributed by atoms with Crippen LogP contribution in [-0.2, 0) is 10.0 Å². The number of benzene rings is 1. The zero-order valence-electron chi connectivity index (χ0n) is 12.7. The third-order valence-corrected chi connectivity index (χ3v) is 6.84. The first-order valence-corrected chi connectivity index (χ1v) is 10.2. The van der Waals surface area contributed by atoms with Crippen molar-refractivity contribution >= 4 is 26.0 Å². The molecular formula is C16H24BrNO2S.